The number of nitrogens with zero attached hydrogens (tertiary/aromatic N) is 1. The number of benzene rings is 2. The van der Waals surface area contributed by atoms with E-state index in [2.05, 4.69) is 15.6 Å². The van der Waals surface area contributed by atoms with E-state index in [1.54, 1.807) is 24.4 Å². The third-order valence-corrected chi connectivity index (χ3v) is 4.00. The van der Waals surface area contributed by atoms with Crippen molar-refractivity contribution < 1.29 is 4.79 Å². The number of aryl methyl sites for hydroxylation is 1. The quantitative estimate of drug-likeness (QED) is 0.686. The van der Waals surface area contributed by atoms with Crippen molar-refractivity contribution in [2.24, 2.45) is 0 Å². The van der Waals surface area contributed by atoms with E-state index in [9.17, 15) is 4.79 Å². The molecule has 2 aromatic carbocycles. The predicted molar refractivity (Wildman–Crippen MR) is 102 cm³/mol. The minimum atomic E-state index is -0.256. The molecule has 0 saturated heterocycles. The summed E-state index contributed by atoms with van der Waals surface area (Å²) >= 11 is 5.94. The lowest BCUT2D eigenvalue weighted by Crippen LogP contribution is -2.14. The smallest absolute Gasteiger partial charge is 0.274 e. The van der Waals surface area contributed by atoms with E-state index in [1.807, 2.05) is 49.4 Å². The van der Waals surface area contributed by atoms with Crippen LogP contribution in [0.25, 0.3) is 0 Å². The zero-order valence-corrected chi connectivity index (χ0v) is 14.5. The zero-order valence-electron chi connectivity index (χ0n) is 13.8. The van der Waals surface area contributed by atoms with Gasteiger partial charge in [0.2, 0.25) is 0 Å². The molecule has 0 aliphatic rings. The Balaban J connectivity index is 1.69. The van der Waals surface area contributed by atoms with Crippen LogP contribution in [0, 0.1) is 6.92 Å². The van der Waals surface area contributed by atoms with E-state index in [0.717, 1.165) is 16.9 Å². The second-order valence-corrected chi connectivity index (χ2v) is 6.12. The van der Waals surface area contributed by atoms with E-state index in [0.29, 0.717) is 17.3 Å². The number of halogens is 1. The van der Waals surface area contributed by atoms with Crippen molar-refractivity contribution in [3.05, 3.63) is 88.7 Å². The minimum Gasteiger partial charge on any atom is -0.381 e. The number of amides is 1. The van der Waals surface area contributed by atoms with Crippen molar-refractivity contribution in [1.82, 2.24) is 4.98 Å². The number of carbonyl (C=O) groups is 1. The molecule has 3 aromatic rings. The lowest BCUT2D eigenvalue weighted by molar-refractivity contribution is 0.102. The molecule has 3 rings (SSSR count). The van der Waals surface area contributed by atoms with Crippen molar-refractivity contribution in [2.75, 3.05) is 10.6 Å². The van der Waals surface area contributed by atoms with E-state index in [-0.39, 0.29) is 5.91 Å². The zero-order chi connectivity index (χ0) is 17.6. The van der Waals surface area contributed by atoms with Gasteiger partial charge in [-0.15, -0.1) is 0 Å². The fraction of sp³-hybridized carbons (Fsp3) is 0.100. The fourth-order valence-corrected chi connectivity index (χ4v) is 2.65. The number of hydrogen-bond donors (Lipinski definition) is 2. The summed E-state index contributed by atoms with van der Waals surface area (Å²) in [6.07, 6.45) is 1.62. The number of carbonyl (C=O) groups excluding carboxylic acids is 1. The third-order valence-electron chi connectivity index (χ3n) is 3.77. The monoisotopic (exact) mass is 351 g/mol. The van der Waals surface area contributed by atoms with Crippen molar-refractivity contribution in [3.8, 4) is 0 Å². The molecule has 1 amide bonds. The van der Waals surface area contributed by atoms with Crippen LogP contribution in [0.2, 0.25) is 5.02 Å². The van der Waals surface area contributed by atoms with Gasteiger partial charge >= 0.3 is 0 Å². The maximum atomic E-state index is 12.4. The Morgan fingerprint density at radius 1 is 1.08 bits per heavy atom. The lowest BCUT2D eigenvalue weighted by atomic mass is 10.2. The maximum absolute atomic E-state index is 12.4. The Labute approximate surface area is 151 Å². The standard InChI is InChI=1S/C20H18ClN3O/c1-14-11-16(21)7-8-18(14)24-20(25)19-12-17(9-10-22-19)23-13-15-5-3-2-4-6-15/h2-12H,13H2,1H3,(H,22,23)(H,24,25). The molecule has 126 valence electrons. The third kappa shape index (κ3) is 4.58. The summed E-state index contributed by atoms with van der Waals surface area (Å²) in [5.74, 6) is -0.256. The Bertz CT molecular complexity index is 881. The molecule has 0 fully saturated rings. The van der Waals surface area contributed by atoms with Crippen LogP contribution in [0.3, 0.4) is 0 Å². The molecule has 5 heteroatoms. The Hall–Kier alpha value is -2.85. The van der Waals surface area contributed by atoms with Crippen LogP contribution < -0.4 is 10.6 Å². The van der Waals surface area contributed by atoms with Gasteiger partial charge in [0, 0.05) is 29.1 Å². The lowest BCUT2D eigenvalue weighted by Gasteiger charge is -2.10. The van der Waals surface area contributed by atoms with E-state index in [1.165, 1.54) is 5.56 Å². The molecule has 0 spiro atoms. The second-order valence-electron chi connectivity index (χ2n) is 5.68. The second kappa shape index (κ2) is 7.81. The van der Waals surface area contributed by atoms with Gasteiger partial charge in [-0.3, -0.25) is 9.78 Å². The van der Waals surface area contributed by atoms with E-state index in [4.69, 9.17) is 11.6 Å². The molecule has 0 unspecified atom stereocenters. The molecule has 1 aromatic heterocycles. The Morgan fingerprint density at radius 3 is 2.64 bits per heavy atom. The molecule has 0 aliphatic carbocycles. The number of anilines is 2. The number of pyridine rings is 1. The van der Waals surface area contributed by atoms with Crippen LogP contribution in [0.15, 0.2) is 66.9 Å². The van der Waals surface area contributed by atoms with Crippen molar-refractivity contribution in [2.45, 2.75) is 13.5 Å². The van der Waals surface area contributed by atoms with Gasteiger partial charge in [-0.25, -0.2) is 0 Å². The fourth-order valence-electron chi connectivity index (χ4n) is 2.42. The molecule has 0 saturated carbocycles. The van der Waals surface area contributed by atoms with Crippen LogP contribution in [-0.2, 0) is 6.54 Å². The van der Waals surface area contributed by atoms with Gasteiger partial charge in [-0.1, -0.05) is 41.9 Å². The summed E-state index contributed by atoms with van der Waals surface area (Å²) < 4.78 is 0. The Morgan fingerprint density at radius 2 is 1.88 bits per heavy atom. The summed E-state index contributed by atoms with van der Waals surface area (Å²) in [5.41, 5.74) is 3.99. The highest BCUT2D eigenvalue weighted by Gasteiger charge is 2.10. The number of rotatable bonds is 5. The van der Waals surface area contributed by atoms with Crippen LogP contribution in [0.5, 0.6) is 0 Å². The molecule has 0 atom stereocenters. The van der Waals surface area contributed by atoms with Gasteiger partial charge in [0.05, 0.1) is 0 Å². The first kappa shape index (κ1) is 17.0. The summed E-state index contributed by atoms with van der Waals surface area (Å²) in [6, 6.07) is 19.0. The largest absolute Gasteiger partial charge is 0.381 e. The van der Waals surface area contributed by atoms with E-state index < -0.39 is 0 Å². The number of nitrogens with one attached hydrogen (secondary N) is 2. The average Bonchev–Trinajstić information content (AvgIpc) is 2.63. The molecule has 0 aliphatic heterocycles. The molecule has 1 heterocycles. The highest BCUT2D eigenvalue weighted by atomic mass is 35.5. The Kier molecular flexibility index (Phi) is 5.31. The molecule has 2 N–H and O–H groups in total. The highest BCUT2D eigenvalue weighted by Crippen LogP contribution is 2.20. The minimum absolute atomic E-state index is 0.256. The molecule has 4 nitrogen and oxygen atoms in total. The normalized spacial score (nSPS) is 10.3. The first-order valence-corrected chi connectivity index (χ1v) is 8.31. The predicted octanol–water partition coefficient (Wildman–Crippen LogP) is 4.91. The van der Waals surface area contributed by atoms with Gasteiger partial charge < -0.3 is 10.6 Å². The van der Waals surface area contributed by atoms with Gasteiger partial charge in [0.1, 0.15) is 5.69 Å². The molecular formula is C20H18ClN3O. The average molecular weight is 352 g/mol. The molecule has 0 radical (unpaired) electrons. The van der Waals surface area contributed by atoms with Gasteiger partial charge in [0.15, 0.2) is 0 Å². The summed E-state index contributed by atoms with van der Waals surface area (Å²) in [6.45, 7) is 2.58. The summed E-state index contributed by atoms with van der Waals surface area (Å²) in [7, 11) is 0. The highest BCUT2D eigenvalue weighted by molar-refractivity contribution is 6.30. The van der Waals surface area contributed by atoms with Crippen molar-refractivity contribution in [3.63, 3.8) is 0 Å². The van der Waals surface area contributed by atoms with E-state index >= 15 is 0 Å². The van der Waals surface area contributed by atoms with Crippen LogP contribution >= 0.6 is 11.6 Å². The molecular weight excluding hydrogens is 334 g/mol. The van der Waals surface area contributed by atoms with Crippen LogP contribution in [-0.4, -0.2) is 10.9 Å². The van der Waals surface area contributed by atoms with Crippen LogP contribution in [0.4, 0.5) is 11.4 Å². The number of hydrogen-bond acceptors (Lipinski definition) is 3. The van der Waals surface area contributed by atoms with Crippen molar-refractivity contribution >= 4 is 28.9 Å². The molecule has 25 heavy (non-hydrogen) atoms. The van der Waals surface area contributed by atoms with Gasteiger partial charge in [0.25, 0.3) is 5.91 Å². The number of aromatic nitrogens is 1. The first-order valence-electron chi connectivity index (χ1n) is 7.93. The topological polar surface area (TPSA) is 54.0 Å². The maximum Gasteiger partial charge on any atom is 0.274 e. The van der Waals surface area contributed by atoms with Gasteiger partial charge in [-0.2, -0.15) is 0 Å². The first-order chi connectivity index (χ1) is 12.1. The SMILES string of the molecule is Cc1cc(Cl)ccc1NC(=O)c1cc(NCc2ccccc2)ccn1. The van der Waals surface area contributed by atoms with Gasteiger partial charge in [-0.05, 0) is 48.4 Å². The molecule has 0 bridgehead atoms. The summed E-state index contributed by atoms with van der Waals surface area (Å²) in [5, 5.41) is 6.81. The summed E-state index contributed by atoms with van der Waals surface area (Å²) in [4.78, 5) is 16.6. The van der Waals surface area contributed by atoms with Crippen molar-refractivity contribution in [1.29, 1.82) is 0 Å². The van der Waals surface area contributed by atoms with Crippen LogP contribution in [0.1, 0.15) is 21.6 Å².